The van der Waals surface area contributed by atoms with Crippen molar-refractivity contribution in [2.75, 3.05) is 4.81 Å². The van der Waals surface area contributed by atoms with Crippen LogP contribution in [0.25, 0.3) is 94.0 Å². The van der Waals surface area contributed by atoms with Crippen molar-refractivity contribution in [1.82, 2.24) is 4.57 Å². The molecule has 0 atom stereocenters. The van der Waals surface area contributed by atoms with E-state index in [0.29, 0.717) is 0 Å². The number of nitrogens with zero attached hydrogens (tertiary/aromatic N) is 2. The Morgan fingerprint density at radius 2 is 1.23 bits per heavy atom. The summed E-state index contributed by atoms with van der Waals surface area (Å²) in [5.74, 6) is 0.871. The van der Waals surface area contributed by atoms with E-state index in [2.05, 4.69) is 216 Å². The predicted molar refractivity (Wildman–Crippen MR) is 277 cm³/mol. The lowest BCUT2D eigenvalue weighted by atomic mass is 9.44. The van der Waals surface area contributed by atoms with E-state index in [9.17, 15) is 0 Å². The van der Waals surface area contributed by atoms with Gasteiger partial charge < -0.3 is 18.2 Å². The SMILES string of the molecule is CC(C)(C)c1ccc(N2B3c4cc5oc(-c6ccccc6)cc5cc4-n4c5cc6c(cc5c5ccc(c3c54)-c3cc4c(cc32)oc2cc(C(C)(C)C)ccc24)C(C)(C)c2ccccc2-6)cc1. The normalized spacial score (nSPS) is 14.7. The molecule has 318 valence electrons. The van der Waals surface area contributed by atoms with Crippen LogP contribution >= 0.6 is 0 Å². The molecule has 0 bridgehead atoms. The minimum Gasteiger partial charge on any atom is -0.456 e. The van der Waals surface area contributed by atoms with Gasteiger partial charge >= 0.3 is 6.85 Å². The molecular weight excluding hydrogens is 803 g/mol. The molecule has 5 heterocycles. The van der Waals surface area contributed by atoms with E-state index in [4.69, 9.17) is 8.83 Å². The predicted octanol–water partition coefficient (Wildman–Crippen LogP) is 15.2. The number of benzene rings is 8. The van der Waals surface area contributed by atoms with Crippen molar-refractivity contribution in [1.29, 1.82) is 0 Å². The van der Waals surface area contributed by atoms with Crippen LogP contribution in [0.3, 0.4) is 0 Å². The molecule has 14 rings (SSSR count). The van der Waals surface area contributed by atoms with Crippen molar-refractivity contribution in [2.24, 2.45) is 0 Å². The van der Waals surface area contributed by atoms with Crippen LogP contribution in [-0.4, -0.2) is 11.4 Å². The molecule has 0 saturated heterocycles. The molecule has 0 fully saturated rings. The van der Waals surface area contributed by atoms with E-state index in [1.165, 1.54) is 82.9 Å². The van der Waals surface area contributed by atoms with Crippen LogP contribution in [0.2, 0.25) is 0 Å². The number of anilines is 2. The van der Waals surface area contributed by atoms with Crippen LogP contribution in [0.15, 0.2) is 160 Å². The van der Waals surface area contributed by atoms with E-state index in [0.717, 1.165) is 55.6 Å². The largest absolute Gasteiger partial charge is 0.456 e. The van der Waals surface area contributed by atoms with E-state index in [1.807, 2.05) is 0 Å². The van der Waals surface area contributed by atoms with Crippen molar-refractivity contribution < 1.29 is 8.83 Å². The van der Waals surface area contributed by atoms with Gasteiger partial charge in [0.15, 0.2) is 0 Å². The molecule has 4 nitrogen and oxygen atoms in total. The first kappa shape index (κ1) is 38.1. The van der Waals surface area contributed by atoms with Gasteiger partial charge in [-0.1, -0.05) is 146 Å². The summed E-state index contributed by atoms with van der Waals surface area (Å²) in [6.45, 7) is 18.3. The summed E-state index contributed by atoms with van der Waals surface area (Å²) in [5, 5.41) is 5.94. The molecule has 2 aliphatic heterocycles. The van der Waals surface area contributed by atoms with Gasteiger partial charge in [0.2, 0.25) is 0 Å². The number of furan rings is 2. The number of hydrogen-bond acceptors (Lipinski definition) is 3. The van der Waals surface area contributed by atoms with E-state index >= 15 is 0 Å². The first-order valence-corrected chi connectivity index (χ1v) is 23.5. The fourth-order valence-corrected chi connectivity index (χ4v) is 12.0. The molecule has 3 aromatic heterocycles. The van der Waals surface area contributed by atoms with Crippen molar-refractivity contribution >= 4 is 83.9 Å². The second-order valence-corrected chi connectivity index (χ2v) is 21.8. The first-order chi connectivity index (χ1) is 31.7. The number of rotatable bonds is 2. The van der Waals surface area contributed by atoms with Crippen molar-refractivity contribution in [3.63, 3.8) is 0 Å². The van der Waals surface area contributed by atoms with Crippen LogP contribution in [0.1, 0.15) is 77.6 Å². The van der Waals surface area contributed by atoms with Crippen LogP contribution in [0.4, 0.5) is 11.4 Å². The van der Waals surface area contributed by atoms with Crippen molar-refractivity contribution in [3.05, 3.63) is 174 Å². The summed E-state index contributed by atoms with van der Waals surface area (Å²) < 4.78 is 16.3. The Balaban J connectivity index is 1.12. The monoisotopic (exact) mass is 852 g/mol. The zero-order chi connectivity index (χ0) is 44.8. The highest BCUT2D eigenvalue weighted by molar-refractivity contribution is 6.94. The Bertz CT molecular complexity index is 3920. The maximum atomic E-state index is 6.89. The van der Waals surface area contributed by atoms with E-state index in [-0.39, 0.29) is 23.1 Å². The Hall–Kier alpha value is -7.24. The van der Waals surface area contributed by atoms with Crippen LogP contribution < -0.4 is 15.7 Å². The molecule has 3 aliphatic rings. The highest BCUT2D eigenvalue weighted by Gasteiger charge is 2.45. The number of hydrogen-bond donors (Lipinski definition) is 0. The zero-order valence-corrected chi connectivity index (χ0v) is 38.7. The molecule has 0 saturated carbocycles. The third kappa shape index (κ3) is 5.01. The summed E-state index contributed by atoms with van der Waals surface area (Å²) in [5.41, 5.74) is 22.6. The maximum Gasteiger partial charge on any atom is 0.333 e. The van der Waals surface area contributed by atoms with Gasteiger partial charge in [0, 0.05) is 66.6 Å². The molecule has 5 heteroatoms. The molecule has 11 aromatic rings. The molecule has 1 aliphatic carbocycles. The van der Waals surface area contributed by atoms with Gasteiger partial charge in [-0.3, -0.25) is 0 Å². The van der Waals surface area contributed by atoms with Crippen LogP contribution in [0.5, 0.6) is 0 Å². The van der Waals surface area contributed by atoms with Crippen molar-refractivity contribution in [3.8, 4) is 39.3 Å². The number of aromatic nitrogens is 1. The molecule has 66 heavy (non-hydrogen) atoms. The minimum atomic E-state index is -0.170. The summed E-state index contributed by atoms with van der Waals surface area (Å²) in [4.78, 5) is 2.60. The topological polar surface area (TPSA) is 34.5 Å². The summed E-state index contributed by atoms with van der Waals surface area (Å²) in [7, 11) is 0. The Morgan fingerprint density at radius 3 is 2.02 bits per heavy atom. The van der Waals surface area contributed by atoms with Crippen LogP contribution in [-0.2, 0) is 16.2 Å². The lowest BCUT2D eigenvalue weighted by molar-refractivity contribution is 0.587. The third-order valence-corrected chi connectivity index (χ3v) is 15.5. The second-order valence-electron chi connectivity index (χ2n) is 21.8. The maximum absolute atomic E-state index is 6.89. The third-order valence-electron chi connectivity index (χ3n) is 15.5. The summed E-state index contributed by atoms with van der Waals surface area (Å²) in [6.07, 6.45) is 0. The first-order valence-electron chi connectivity index (χ1n) is 23.5. The van der Waals surface area contributed by atoms with Gasteiger partial charge in [-0.2, -0.15) is 0 Å². The quantitative estimate of drug-likeness (QED) is 0.163. The fourth-order valence-electron chi connectivity index (χ4n) is 12.0. The minimum absolute atomic E-state index is 0.00160. The highest BCUT2D eigenvalue weighted by atomic mass is 16.3. The van der Waals surface area contributed by atoms with E-state index in [1.54, 1.807) is 0 Å². The Kier molecular flexibility index (Phi) is 7.24. The van der Waals surface area contributed by atoms with Gasteiger partial charge in [-0.15, -0.1) is 0 Å². The molecule has 0 spiro atoms. The van der Waals surface area contributed by atoms with Gasteiger partial charge in [0.25, 0.3) is 0 Å². The van der Waals surface area contributed by atoms with Crippen LogP contribution in [0, 0.1) is 0 Å². The lowest BCUT2D eigenvalue weighted by Crippen LogP contribution is -2.60. The van der Waals surface area contributed by atoms with Gasteiger partial charge in [-0.05, 0) is 115 Å². The average molecular weight is 853 g/mol. The van der Waals surface area contributed by atoms with Gasteiger partial charge in [0.05, 0.1) is 11.0 Å². The molecule has 0 radical (unpaired) electrons. The number of fused-ring (bicyclic) bond motifs is 15. The molecular formula is C61H49BN2O2. The second kappa shape index (κ2) is 12.6. The van der Waals surface area contributed by atoms with E-state index < -0.39 is 0 Å². The summed E-state index contributed by atoms with van der Waals surface area (Å²) in [6, 6.07) is 57.1. The summed E-state index contributed by atoms with van der Waals surface area (Å²) >= 11 is 0. The Labute approximate surface area is 385 Å². The standard InChI is InChI=1S/C61H49BN2O2/c1-59(2,3)36-18-21-38(22-19-36)64-51-33-56-46(40-23-20-37(60(4,5)6)28-55(40)66-56)29-44(51)41-24-25-42-45-30-48-43(39-16-12-13-17-47(39)61(48,7)8)31-50(45)63-52-26-35-27-53(34-14-10-9-11-15-34)65-54(35)32-49(52)62(64)57(41)58(42)63/h9-33H,1-8H3. The van der Waals surface area contributed by atoms with Crippen molar-refractivity contribution in [2.45, 2.75) is 71.6 Å². The average Bonchev–Trinajstić information content (AvgIpc) is 4.04. The molecule has 0 unspecified atom stereocenters. The lowest BCUT2D eigenvalue weighted by Gasteiger charge is -2.42. The van der Waals surface area contributed by atoms with Gasteiger partial charge in [0.1, 0.15) is 22.5 Å². The van der Waals surface area contributed by atoms with Gasteiger partial charge in [-0.25, -0.2) is 0 Å². The zero-order valence-electron chi connectivity index (χ0n) is 38.7. The Morgan fingerprint density at radius 1 is 0.500 bits per heavy atom. The smallest absolute Gasteiger partial charge is 0.333 e. The fraction of sp³-hybridized carbons (Fsp3) is 0.180. The highest BCUT2D eigenvalue weighted by Crippen LogP contribution is 2.53. The molecule has 0 amide bonds. The molecule has 0 N–H and O–H groups in total. The molecule has 8 aromatic carbocycles.